The summed E-state index contributed by atoms with van der Waals surface area (Å²) in [6.45, 7) is 6.97. The lowest BCUT2D eigenvalue weighted by atomic mass is 9.92. The Balaban J connectivity index is 2.00. The zero-order chi connectivity index (χ0) is 13.0. The van der Waals surface area contributed by atoms with Gasteiger partial charge in [-0.15, -0.1) is 0 Å². The highest BCUT2D eigenvalue weighted by atomic mass is 16.5. The first-order chi connectivity index (χ1) is 8.74. The monoisotopic (exact) mass is 251 g/mol. The lowest BCUT2D eigenvalue weighted by Crippen LogP contribution is -2.24. The van der Waals surface area contributed by atoms with Crippen molar-refractivity contribution in [2.75, 3.05) is 20.1 Å². The number of ether oxygens (including phenoxy) is 1. The Kier molecular flexibility index (Phi) is 5.11. The summed E-state index contributed by atoms with van der Waals surface area (Å²) in [5.74, 6) is 2.06. The van der Waals surface area contributed by atoms with Crippen LogP contribution in [0.2, 0.25) is 0 Å². The van der Waals surface area contributed by atoms with Crippen LogP contribution in [0, 0.1) is 5.92 Å². The van der Waals surface area contributed by atoms with E-state index in [1.807, 2.05) is 0 Å². The van der Waals surface area contributed by atoms with Crippen LogP contribution in [0.4, 0.5) is 0 Å². The van der Waals surface area contributed by atoms with E-state index in [9.17, 15) is 0 Å². The van der Waals surface area contributed by atoms with Gasteiger partial charge in [-0.3, -0.25) is 0 Å². The normalized spacial score (nSPS) is 29.7. The molecular weight excluding hydrogens is 222 g/mol. The van der Waals surface area contributed by atoms with E-state index in [2.05, 4.69) is 25.8 Å². The molecule has 2 heteroatoms. The van der Waals surface area contributed by atoms with Gasteiger partial charge in [0, 0.05) is 12.5 Å². The Hall–Kier alpha value is -0.500. The molecule has 0 spiro atoms. The molecule has 0 aromatic rings. The van der Waals surface area contributed by atoms with Gasteiger partial charge in [-0.2, -0.15) is 0 Å². The molecule has 0 saturated carbocycles. The number of rotatable bonds is 5. The summed E-state index contributed by atoms with van der Waals surface area (Å²) in [5, 5.41) is 0. The van der Waals surface area contributed by atoms with Crippen molar-refractivity contribution in [1.82, 2.24) is 4.90 Å². The second-order valence-corrected chi connectivity index (χ2v) is 5.99. The van der Waals surface area contributed by atoms with Gasteiger partial charge >= 0.3 is 0 Å². The summed E-state index contributed by atoms with van der Waals surface area (Å²) >= 11 is 0. The van der Waals surface area contributed by atoms with Crippen LogP contribution in [-0.2, 0) is 4.74 Å². The van der Waals surface area contributed by atoms with Crippen molar-refractivity contribution in [1.29, 1.82) is 0 Å². The van der Waals surface area contributed by atoms with Crippen molar-refractivity contribution in [2.24, 2.45) is 5.92 Å². The van der Waals surface area contributed by atoms with E-state index in [-0.39, 0.29) is 0 Å². The number of allylic oxidation sites excluding steroid dienone is 1. The molecule has 2 heterocycles. The summed E-state index contributed by atoms with van der Waals surface area (Å²) in [5.41, 5.74) is 1.60. The molecule has 2 aliphatic rings. The largest absolute Gasteiger partial charge is 0.494 e. The van der Waals surface area contributed by atoms with Crippen molar-refractivity contribution >= 4 is 0 Å². The van der Waals surface area contributed by atoms with E-state index in [0.717, 1.165) is 0 Å². The molecule has 0 aliphatic carbocycles. The minimum Gasteiger partial charge on any atom is -0.494 e. The van der Waals surface area contributed by atoms with Crippen LogP contribution in [0.15, 0.2) is 11.3 Å². The Labute approximate surface area is 112 Å². The van der Waals surface area contributed by atoms with Gasteiger partial charge in [-0.25, -0.2) is 0 Å². The third-order valence-corrected chi connectivity index (χ3v) is 4.48. The molecule has 0 N–H and O–H groups in total. The molecule has 2 atom stereocenters. The fourth-order valence-corrected chi connectivity index (χ4v) is 3.30. The molecule has 0 amide bonds. The summed E-state index contributed by atoms with van der Waals surface area (Å²) in [6, 6.07) is 0. The third kappa shape index (κ3) is 3.28. The molecule has 2 unspecified atom stereocenters. The maximum atomic E-state index is 6.38. The Bertz CT molecular complexity index is 297. The van der Waals surface area contributed by atoms with Crippen LogP contribution in [-0.4, -0.2) is 31.1 Å². The number of likely N-dealkylation sites (tertiary alicyclic amines) is 1. The van der Waals surface area contributed by atoms with Crippen LogP contribution in [0.1, 0.15) is 58.8 Å². The van der Waals surface area contributed by atoms with Crippen LogP contribution in [0.3, 0.4) is 0 Å². The predicted molar refractivity (Wildman–Crippen MR) is 76.6 cm³/mol. The molecule has 0 aromatic carbocycles. The molecular formula is C16H29NO. The van der Waals surface area contributed by atoms with Crippen molar-refractivity contribution in [3.05, 3.63) is 11.3 Å². The summed E-state index contributed by atoms with van der Waals surface area (Å²) in [7, 11) is 2.23. The molecule has 104 valence electrons. The maximum Gasteiger partial charge on any atom is 0.0999 e. The molecule has 1 saturated heterocycles. The molecule has 18 heavy (non-hydrogen) atoms. The second kappa shape index (κ2) is 6.60. The quantitative estimate of drug-likeness (QED) is 0.733. The Morgan fingerprint density at radius 2 is 2.11 bits per heavy atom. The molecule has 2 rings (SSSR count). The van der Waals surface area contributed by atoms with Crippen molar-refractivity contribution in [2.45, 2.75) is 64.9 Å². The topological polar surface area (TPSA) is 12.5 Å². The highest BCUT2D eigenvalue weighted by molar-refractivity contribution is 5.16. The molecule has 2 nitrogen and oxygen atoms in total. The van der Waals surface area contributed by atoms with E-state index in [0.29, 0.717) is 12.0 Å². The molecule has 0 radical (unpaired) electrons. The Morgan fingerprint density at radius 3 is 2.72 bits per heavy atom. The van der Waals surface area contributed by atoms with Gasteiger partial charge in [0.15, 0.2) is 0 Å². The molecule has 2 aliphatic heterocycles. The minimum atomic E-state index is 0.501. The van der Waals surface area contributed by atoms with Gasteiger partial charge in [-0.1, -0.05) is 26.7 Å². The van der Waals surface area contributed by atoms with Crippen LogP contribution in [0.5, 0.6) is 0 Å². The number of nitrogens with zero attached hydrogens (tertiary/aromatic N) is 1. The number of hydrogen-bond donors (Lipinski definition) is 0. The number of unbranched alkanes of at least 4 members (excludes halogenated alkanes) is 1. The Morgan fingerprint density at radius 1 is 1.28 bits per heavy atom. The summed E-state index contributed by atoms with van der Waals surface area (Å²) < 4.78 is 6.38. The first-order valence-electron chi connectivity index (χ1n) is 7.81. The van der Waals surface area contributed by atoms with Crippen LogP contribution < -0.4 is 0 Å². The van der Waals surface area contributed by atoms with Crippen LogP contribution >= 0.6 is 0 Å². The fraction of sp³-hybridized carbons (Fsp3) is 0.875. The van der Waals surface area contributed by atoms with Gasteiger partial charge in [0.25, 0.3) is 0 Å². The average molecular weight is 251 g/mol. The molecule has 0 aromatic heterocycles. The van der Waals surface area contributed by atoms with E-state index in [1.54, 1.807) is 5.57 Å². The van der Waals surface area contributed by atoms with Gasteiger partial charge in [0.05, 0.1) is 11.9 Å². The summed E-state index contributed by atoms with van der Waals surface area (Å²) in [6.07, 6.45) is 9.33. The lowest BCUT2D eigenvalue weighted by molar-refractivity contribution is 0.0605. The predicted octanol–water partition coefficient (Wildman–Crippen LogP) is 3.97. The van der Waals surface area contributed by atoms with Crippen molar-refractivity contribution in [3.63, 3.8) is 0 Å². The minimum absolute atomic E-state index is 0.501. The van der Waals surface area contributed by atoms with Crippen LogP contribution in [0.25, 0.3) is 0 Å². The highest BCUT2D eigenvalue weighted by Gasteiger charge is 2.30. The van der Waals surface area contributed by atoms with E-state index in [4.69, 9.17) is 4.74 Å². The first kappa shape index (κ1) is 13.9. The van der Waals surface area contributed by atoms with Gasteiger partial charge in [0.1, 0.15) is 0 Å². The standard InChI is InChI=1S/C16H29NO/c1-4-6-7-15-9-8-13(5-2)16(18-15)14-10-11-17(3)12-14/h14-15H,4-12H2,1-3H3. The highest BCUT2D eigenvalue weighted by Crippen LogP contribution is 2.35. The van der Waals surface area contributed by atoms with Crippen molar-refractivity contribution < 1.29 is 4.74 Å². The fourth-order valence-electron chi connectivity index (χ4n) is 3.30. The van der Waals surface area contributed by atoms with E-state index in [1.165, 1.54) is 63.8 Å². The third-order valence-electron chi connectivity index (χ3n) is 4.48. The number of hydrogen-bond acceptors (Lipinski definition) is 2. The summed E-state index contributed by atoms with van der Waals surface area (Å²) in [4.78, 5) is 2.43. The smallest absolute Gasteiger partial charge is 0.0999 e. The van der Waals surface area contributed by atoms with Gasteiger partial charge in [0.2, 0.25) is 0 Å². The first-order valence-corrected chi connectivity index (χ1v) is 7.81. The van der Waals surface area contributed by atoms with Crippen molar-refractivity contribution in [3.8, 4) is 0 Å². The van der Waals surface area contributed by atoms with Gasteiger partial charge in [-0.05, 0) is 51.3 Å². The average Bonchev–Trinajstić information content (AvgIpc) is 2.82. The zero-order valence-electron chi connectivity index (χ0n) is 12.4. The maximum absolute atomic E-state index is 6.38. The SMILES string of the molecule is CCCCC1CCC(CC)=C(C2CCN(C)C2)O1. The van der Waals surface area contributed by atoms with E-state index >= 15 is 0 Å². The zero-order valence-corrected chi connectivity index (χ0v) is 12.4. The van der Waals surface area contributed by atoms with E-state index < -0.39 is 0 Å². The lowest BCUT2D eigenvalue weighted by Gasteiger charge is -2.31. The van der Waals surface area contributed by atoms with Gasteiger partial charge < -0.3 is 9.64 Å². The molecule has 0 bridgehead atoms. The molecule has 1 fully saturated rings. The second-order valence-electron chi connectivity index (χ2n) is 5.99.